The van der Waals surface area contributed by atoms with Crippen LogP contribution in [-0.2, 0) is 4.74 Å². The van der Waals surface area contributed by atoms with Crippen molar-refractivity contribution in [2.75, 3.05) is 158 Å². The molecule has 3 fully saturated rings. The molecule has 0 spiro atoms. The molecule has 0 aliphatic carbocycles. The van der Waals surface area contributed by atoms with Gasteiger partial charge < -0.3 is 65.1 Å². The van der Waals surface area contributed by atoms with Crippen LogP contribution in [0, 0.1) is 0 Å². The van der Waals surface area contributed by atoms with Crippen molar-refractivity contribution in [3.63, 3.8) is 0 Å². The van der Waals surface area contributed by atoms with Crippen molar-refractivity contribution in [2.45, 2.75) is 25.2 Å². The number of piperazine rings is 2. The van der Waals surface area contributed by atoms with Gasteiger partial charge in [0, 0.05) is 146 Å². The zero-order chi connectivity index (χ0) is 63.6. The summed E-state index contributed by atoms with van der Waals surface area (Å²) in [4.78, 5) is 49.1. The second kappa shape index (κ2) is 28.9. The summed E-state index contributed by atoms with van der Waals surface area (Å²) in [7, 11) is 1.66. The number of aromatic nitrogens is 8. The molecule has 0 amide bonds. The van der Waals surface area contributed by atoms with Crippen LogP contribution in [0.2, 0.25) is 10.0 Å². The molecule has 480 valence electrons. The highest BCUT2D eigenvalue weighted by atomic mass is 35.5. The number of rotatable bonds is 24. The molecule has 3 saturated heterocycles. The fourth-order valence-corrected chi connectivity index (χ4v) is 12.7. The highest BCUT2D eigenvalue weighted by Gasteiger charge is 2.26. The number of halogens is 2. The van der Waals surface area contributed by atoms with Crippen molar-refractivity contribution in [3.05, 3.63) is 174 Å². The van der Waals surface area contributed by atoms with Gasteiger partial charge in [-0.25, -0.2) is 9.97 Å². The third kappa shape index (κ3) is 14.6. The Morgan fingerprint density at radius 2 is 0.926 bits per heavy atom. The molecule has 4 aromatic heterocycles. The van der Waals surface area contributed by atoms with Gasteiger partial charge in [0.05, 0.1) is 40.6 Å². The monoisotopic (exact) mass is 1300 g/mol. The number of anilines is 10. The topological polar surface area (TPSA) is 213 Å². The minimum Gasteiger partial charge on any atom is -0.497 e. The van der Waals surface area contributed by atoms with Gasteiger partial charge in [0.25, 0.3) is 0 Å². The Balaban J connectivity index is 0.596. The normalized spacial score (nSPS) is 14.6. The number of methoxy groups -OCH3 is 1. The van der Waals surface area contributed by atoms with E-state index in [1.165, 1.54) is 11.4 Å². The van der Waals surface area contributed by atoms with E-state index in [0.29, 0.717) is 104 Å². The van der Waals surface area contributed by atoms with E-state index in [1.54, 1.807) is 7.11 Å². The molecule has 7 heterocycles. The van der Waals surface area contributed by atoms with E-state index in [0.717, 1.165) is 144 Å². The van der Waals surface area contributed by atoms with Gasteiger partial charge in [0.2, 0.25) is 29.7 Å². The number of hydrogen-bond acceptors (Lipinski definition) is 21. The molecule has 14 rings (SSSR count). The maximum absolute atomic E-state index is 6.54. The molecule has 94 heavy (non-hydrogen) atoms. The summed E-state index contributed by atoms with van der Waals surface area (Å²) in [5.74, 6) is 5.90. The van der Waals surface area contributed by atoms with Crippen LogP contribution in [0.4, 0.5) is 58.2 Å². The molecule has 5 N–H and O–H groups in total. The first-order chi connectivity index (χ1) is 46.3. The summed E-state index contributed by atoms with van der Waals surface area (Å²) in [6.07, 6.45) is 2.43. The van der Waals surface area contributed by atoms with Gasteiger partial charge in [0.1, 0.15) is 36.3 Å². The third-order valence-electron chi connectivity index (χ3n) is 17.2. The van der Waals surface area contributed by atoms with E-state index in [-0.39, 0.29) is 5.92 Å². The van der Waals surface area contributed by atoms with E-state index in [1.807, 2.05) is 97.1 Å². The second-order valence-corrected chi connectivity index (χ2v) is 24.2. The Morgan fingerprint density at radius 3 is 1.52 bits per heavy atom. The number of benzene rings is 7. The standard InChI is InChI=1S/C71H73Cl2N17O4/c1-91-54-19-23-60-58(45-54)65(57-22-14-49(73)44-63(57)79-60)75-29-30-77-67-81-66(47-25-39-92-40-26-47)82-69(83-67)78-50-15-17-53(18-16-50)93-41-42-94-55-20-24-61-59(46-55)64(56-21-13-48(72)43-62(56)80-61)74-27-8-28-76-68-84-70(89-35-31-87(32-36-89)51-9-4-2-5-10-51)86-71(85-68)90-37-33-88(34-38-90)52-11-6-3-7-12-52/h2-7,9-24,43-47H,8,25-42H2,1H3,(H,74,80)(H,75,79)(H,76,84,85,86)(H2,77,78,81,82,83). The van der Waals surface area contributed by atoms with Crippen LogP contribution in [0.1, 0.15) is 31.0 Å². The first kappa shape index (κ1) is 61.5. The first-order valence-electron chi connectivity index (χ1n) is 32.2. The van der Waals surface area contributed by atoms with Gasteiger partial charge >= 0.3 is 0 Å². The highest BCUT2D eigenvalue weighted by Crippen LogP contribution is 2.37. The first-order valence-corrected chi connectivity index (χ1v) is 32.9. The Morgan fingerprint density at radius 1 is 0.436 bits per heavy atom. The summed E-state index contributed by atoms with van der Waals surface area (Å²) in [5, 5.41) is 22.9. The zero-order valence-corrected chi connectivity index (χ0v) is 53.8. The SMILES string of the molecule is COc1ccc2nc3cc(Cl)ccc3c(NCCNc3nc(Nc4ccc(OCCOc5ccc6nc7cc(Cl)ccc7c(NCCCNc7nc(N8CCN(c9ccccc9)CC8)nc(N8CCN(c9ccccc9)CC8)n7)c6c5)cc4)nc(C4CCOCC4)n3)c2c1. The fourth-order valence-electron chi connectivity index (χ4n) is 12.3. The van der Waals surface area contributed by atoms with Crippen molar-refractivity contribution >= 4 is 125 Å². The minimum absolute atomic E-state index is 0.144. The molecule has 0 atom stereocenters. The second-order valence-electron chi connectivity index (χ2n) is 23.4. The lowest BCUT2D eigenvalue weighted by Gasteiger charge is -2.38. The summed E-state index contributed by atoms with van der Waals surface area (Å²) < 4.78 is 23.8. The number of para-hydroxylation sites is 2. The number of fused-ring (bicyclic) bond motifs is 4. The predicted octanol–water partition coefficient (Wildman–Crippen LogP) is 13.0. The number of pyridine rings is 2. The number of nitrogens with zero attached hydrogens (tertiary/aromatic N) is 12. The Kier molecular flexibility index (Phi) is 18.9. The van der Waals surface area contributed by atoms with Crippen molar-refractivity contribution in [2.24, 2.45) is 0 Å². The van der Waals surface area contributed by atoms with Gasteiger partial charge in [0.15, 0.2) is 0 Å². The lowest BCUT2D eigenvalue weighted by molar-refractivity contribution is 0.0836. The molecule has 3 aliphatic rings. The number of nitrogens with one attached hydrogen (secondary N) is 5. The van der Waals surface area contributed by atoms with Crippen LogP contribution < -0.4 is 60.4 Å². The molecule has 7 aromatic carbocycles. The lowest BCUT2D eigenvalue weighted by Crippen LogP contribution is -2.48. The van der Waals surface area contributed by atoms with E-state index in [2.05, 4.69) is 107 Å². The van der Waals surface area contributed by atoms with Crippen LogP contribution in [0.25, 0.3) is 43.6 Å². The lowest BCUT2D eigenvalue weighted by atomic mass is 10.00. The minimum atomic E-state index is 0.144. The molecular formula is C71H73Cl2N17O4. The van der Waals surface area contributed by atoms with Crippen LogP contribution in [0.15, 0.2) is 158 Å². The number of hydrogen-bond donors (Lipinski definition) is 5. The van der Waals surface area contributed by atoms with E-state index < -0.39 is 0 Å². The fraction of sp³-hybridized carbons (Fsp3) is 0.296. The zero-order valence-electron chi connectivity index (χ0n) is 52.3. The Labute approximate surface area is 555 Å². The third-order valence-corrected chi connectivity index (χ3v) is 17.7. The van der Waals surface area contributed by atoms with E-state index in [4.69, 9.17) is 82.0 Å². The van der Waals surface area contributed by atoms with E-state index in [9.17, 15) is 0 Å². The van der Waals surface area contributed by atoms with E-state index >= 15 is 0 Å². The molecule has 21 nitrogen and oxygen atoms in total. The summed E-state index contributed by atoms with van der Waals surface area (Å²) in [6, 6.07) is 52.3. The molecular weight excluding hydrogens is 1230 g/mol. The quantitative estimate of drug-likeness (QED) is 0.0281. The van der Waals surface area contributed by atoms with Crippen molar-refractivity contribution < 1.29 is 18.9 Å². The predicted molar refractivity (Wildman–Crippen MR) is 379 cm³/mol. The van der Waals surface area contributed by atoms with Crippen LogP contribution >= 0.6 is 23.2 Å². The average Bonchev–Trinajstić information content (AvgIpc) is 0.815. The smallest absolute Gasteiger partial charge is 0.232 e. The average molecular weight is 1300 g/mol. The highest BCUT2D eigenvalue weighted by molar-refractivity contribution is 6.32. The van der Waals surface area contributed by atoms with Crippen molar-refractivity contribution in [1.29, 1.82) is 0 Å². The van der Waals surface area contributed by atoms with Crippen LogP contribution in [-0.4, -0.2) is 152 Å². The van der Waals surface area contributed by atoms with Crippen LogP contribution in [0.3, 0.4) is 0 Å². The van der Waals surface area contributed by atoms with Gasteiger partial charge in [-0.05, 0) is 141 Å². The molecule has 0 bridgehead atoms. The molecule has 0 radical (unpaired) electrons. The van der Waals surface area contributed by atoms with Gasteiger partial charge in [-0.1, -0.05) is 59.6 Å². The molecule has 3 aliphatic heterocycles. The van der Waals surface area contributed by atoms with Gasteiger partial charge in [-0.3, -0.25) is 0 Å². The molecule has 11 aromatic rings. The summed E-state index contributed by atoms with van der Waals surface area (Å²) in [5.41, 5.74) is 8.42. The van der Waals surface area contributed by atoms with Crippen molar-refractivity contribution in [1.82, 2.24) is 39.9 Å². The maximum Gasteiger partial charge on any atom is 0.232 e. The maximum atomic E-state index is 6.54. The van der Waals surface area contributed by atoms with Gasteiger partial charge in [-0.2, -0.15) is 29.9 Å². The van der Waals surface area contributed by atoms with Crippen LogP contribution in [0.5, 0.6) is 17.2 Å². The van der Waals surface area contributed by atoms with Gasteiger partial charge in [-0.15, -0.1) is 0 Å². The van der Waals surface area contributed by atoms with Crippen molar-refractivity contribution in [3.8, 4) is 17.2 Å². The molecule has 0 saturated carbocycles. The molecule has 23 heteroatoms. The molecule has 0 unspecified atom stereocenters. The Hall–Kier alpha value is -9.96. The Bertz CT molecular complexity index is 4330. The summed E-state index contributed by atoms with van der Waals surface area (Å²) in [6.45, 7) is 11.1. The summed E-state index contributed by atoms with van der Waals surface area (Å²) >= 11 is 12.9. The largest absolute Gasteiger partial charge is 0.497 e. The number of ether oxygens (including phenoxy) is 4.